The third-order valence-electron chi connectivity index (χ3n) is 3.15. The van der Waals surface area contributed by atoms with Gasteiger partial charge in [0, 0.05) is 18.5 Å². The van der Waals surface area contributed by atoms with E-state index in [9.17, 15) is 0 Å². The van der Waals surface area contributed by atoms with Gasteiger partial charge in [0.2, 0.25) is 0 Å². The number of thiazole rings is 1. The van der Waals surface area contributed by atoms with Crippen molar-refractivity contribution in [2.75, 3.05) is 31.6 Å². The molecule has 2 heterocycles. The topological polar surface area (TPSA) is 46.2 Å². The highest BCUT2D eigenvalue weighted by Crippen LogP contribution is 2.15. The van der Waals surface area contributed by atoms with Gasteiger partial charge in [0.25, 0.3) is 0 Å². The lowest BCUT2D eigenvalue weighted by Gasteiger charge is -2.22. The zero-order valence-electron chi connectivity index (χ0n) is 11.1. The maximum absolute atomic E-state index is 5.85. The third kappa shape index (κ3) is 4.55. The number of piperidine rings is 1. The highest BCUT2D eigenvalue weighted by Gasteiger charge is 2.12. The first-order valence-electron chi connectivity index (χ1n) is 6.89. The molecule has 0 saturated carbocycles. The zero-order chi connectivity index (χ0) is 12.6. The summed E-state index contributed by atoms with van der Waals surface area (Å²) in [7, 11) is 0. The molecule has 1 saturated heterocycles. The van der Waals surface area contributed by atoms with Gasteiger partial charge in [0.05, 0.1) is 11.8 Å². The summed E-state index contributed by atoms with van der Waals surface area (Å²) in [5.41, 5.74) is 1.17. The molecule has 1 fully saturated rings. The Morgan fingerprint density at radius 2 is 2.33 bits per heavy atom. The highest BCUT2D eigenvalue weighted by molar-refractivity contribution is 7.13. The molecule has 2 N–H and O–H groups in total. The molecule has 0 atom stereocenters. The second-order valence-corrected chi connectivity index (χ2v) is 5.46. The smallest absolute Gasteiger partial charge is 0.182 e. The minimum absolute atomic E-state index is 0.470. The number of nitrogens with one attached hydrogen (secondary N) is 2. The first-order valence-corrected chi connectivity index (χ1v) is 7.77. The van der Waals surface area contributed by atoms with Crippen LogP contribution in [0, 0.1) is 0 Å². The molecule has 0 spiro atoms. The number of hydrogen-bond acceptors (Lipinski definition) is 5. The molecular formula is C13H23N3OS. The van der Waals surface area contributed by atoms with Gasteiger partial charge in [0.1, 0.15) is 0 Å². The monoisotopic (exact) mass is 269 g/mol. The molecule has 0 amide bonds. The van der Waals surface area contributed by atoms with Crippen molar-refractivity contribution >= 4 is 16.5 Å². The maximum atomic E-state index is 5.85. The standard InChI is InChI=1S/C13H23N3OS/c1-2-11-10-18-13(16-11)15-6-3-9-17-12-4-7-14-8-5-12/h10,12,14H,2-9H2,1H3,(H,15,16). The number of rotatable bonds is 7. The van der Waals surface area contributed by atoms with Crippen LogP contribution in [0.1, 0.15) is 31.9 Å². The molecule has 102 valence electrons. The lowest BCUT2D eigenvalue weighted by atomic mass is 10.1. The van der Waals surface area contributed by atoms with E-state index < -0.39 is 0 Å². The summed E-state index contributed by atoms with van der Waals surface area (Å²) in [5.74, 6) is 0. The van der Waals surface area contributed by atoms with Crippen LogP contribution in [0.15, 0.2) is 5.38 Å². The molecule has 0 unspecified atom stereocenters. The third-order valence-corrected chi connectivity index (χ3v) is 4.00. The molecule has 1 aliphatic rings. The van der Waals surface area contributed by atoms with E-state index in [2.05, 4.69) is 27.9 Å². The van der Waals surface area contributed by atoms with Gasteiger partial charge in [-0.25, -0.2) is 4.98 Å². The van der Waals surface area contributed by atoms with E-state index in [4.69, 9.17) is 4.74 Å². The summed E-state index contributed by atoms with van der Waals surface area (Å²) in [6.07, 6.45) is 4.83. The minimum Gasteiger partial charge on any atom is -0.378 e. The van der Waals surface area contributed by atoms with E-state index in [0.29, 0.717) is 6.10 Å². The number of anilines is 1. The fourth-order valence-electron chi connectivity index (χ4n) is 2.03. The predicted octanol–water partition coefficient (Wildman–Crippen LogP) is 2.28. The molecule has 4 nitrogen and oxygen atoms in total. The van der Waals surface area contributed by atoms with E-state index in [1.807, 2.05) is 0 Å². The Bertz CT molecular complexity index is 337. The Labute approximate surface area is 113 Å². The van der Waals surface area contributed by atoms with Crippen LogP contribution >= 0.6 is 11.3 Å². The second-order valence-electron chi connectivity index (χ2n) is 4.60. The zero-order valence-corrected chi connectivity index (χ0v) is 11.9. The van der Waals surface area contributed by atoms with Crippen molar-refractivity contribution in [3.8, 4) is 0 Å². The van der Waals surface area contributed by atoms with Gasteiger partial charge in [-0.3, -0.25) is 0 Å². The fourth-order valence-corrected chi connectivity index (χ4v) is 2.85. The maximum Gasteiger partial charge on any atom is 0.182 e. The highest BCUT2D eigenvalue weighted by atomic mass is 32.1. The van der Waals surface area contributed by atoms with Crippen LogP contribution in [0.25, 0.3) is 0 Å². The quantitative estimate of drug-likeness (QED) is 0.746. The molecule has 5 heteroatoms. The second kappa shape index (κ2) is 7.71. The fraction of sp³-hybridized carbons (Fsp3) is 0.769. The van der Waals surface area contributed by atoms with Gasteiger partial charge >= 0.3 is 0 Å². The van der Waals surface area contributed by atoms with Crippen LogP contribution in [0.4, 0.5) is 5.13 Å². The molecule has 0 radical (unpaired) electrons. The van der Waals surface area contributed by atoms with E-state index in [0.717, 1.165) is 57.1 Å². The summed E-state index contributed by atoms with van der Waals surface area (Å²) in [6, 6.07) is 0. The Balaban J connectivity index is 1.52. The Morgan fingerprint density at radius 1 is 1.50 bits per heavy atom. The lowest BCUT2D eigenvalue weighted by Crippen LogP contribution is -2.32. The van der Waals surface area contributed by atoms with Gasteiger partial charge in [-0.1, -0.05) is 6.92 Å². The number of hydrogen-bond donors (Lipinski definition) is 2. The summed E-state index contributed by atoms with van der Waals surface area (Å²) in [4.78, 5) is 4.47. The number of ether oxygens (including phenoxy) is 1. The van der Waals surface area contributed by atoms with Crippen LogP contribution in [0.5, 0.6) is 0 Å². The first-order chi connectivity index (χ1) is 8.88. The summed E-state index contributed by atoms with van der Waals surface area (Å²) in [6.45, 7) is 6.13. The van der Waals surface area contributed by atoms with E-state index in [-0.39, 0.29) is 0 Å². The Kier molecular flexibility index (Phi) is 5.90. The van der Waals surface area contributed by atoms with Crippen LogP contribution in [-0.2, 0) is 11.2 Å². The molecule has 18 heavy (non-hydrogen) atoms. The van der Waals surface area contributed by atoms with Crippen LogP contribution in [0.3, 0.4) is 0 Å². The average molecular weight is 269 g/mol. The SMILES string of the molecule is CCc1csc(NCCCOC2CCNCC2)n1. The van der Waals surface area contributed by atoms with E-state index >= 15 is 0 Å². The van der Waals surface area contributed by atoms with Crippen molar-refractivity contribution in [3.05, 3.63) is 11.1 Å². The van der Waals surface area contributed by atoms with E-state index in [1.165, 1.54) is 5.69 Å². The van der Waals surface area contributed by atoms with Crippen LogP contribution in [-0.4, -0.2) is 37.3 Å². The molecule has 1 aromatic heterocycles. The van der Waals surface area contributed by atoms with Gasteiger partial charge in [-0.05, 0) is 38.8 Å². The van der Waals surface area contributed by atoms with Gasteiger partial charge in [0.15, 0.2) is 5.13 Å². The number of aryl methyl sites for hydroxylation is 1. The van der Waals surface area contributed by atoms with Crippen molar-refractivity contribution in [1.82, 2.24) is 10.3 Å². The largest absolute Gasteiger partial charge is 0.378 e. The van der Waals surface area contributed by atoms with Gasteiger partial charge in [-0.15, -0.1) is 11.3 Å². The lowest BCUT2D eigenvalue weighted by molar-refractivity contribution is 0.0329. The molecule has 0 bridgehead atoms. The van der Waals surface area contributed by atoms with Crippen LogP contribution < -0.4 is 10.6 Å². The summed E-state index contributed by atoms with van der Waals surface area (Å²) >= 11 is 1.69. The molecule has 1 aliphatic heterocycles. The first kappa shape index (κ1) is 13.8. The van der Waals surface area contributed by atoms with Crippen molar-refractivity contribution in [3.63, 3.8) is 0 Å². The molecule has 0 aromatic carbocycles. The van der Waals surface area contributed by atoms with Crippen molar-refractivity contribution in [2.24, 2.45) is 0 Å². The molecule has 2 rings (SSSR count). The molecular weight excluding hydrogens is 246 g/mol. The Hall–Kier alpha value is -0.650. The summed E-state index contributed by atoms with van der Waals surface area (Å²) in [5, 5.41) is 9.85. The predicted molar refractivity (Wildman–Crippen MR) is 76.4 cm³/mol. The van der Waals surface area contributed by atoms with Gasteiger partial charge in [-0.2, -0.15) is 0 Å². The Morgan fingerprint density at radius 3 is 3.06 bits per heavy atom. The minimum atomic E-state index is 0.470. The van der Waals surface area contributed by atoms with E-state index in [1.54, 1.807) is 11.3 Å². The number of nitrogens with zero attached hydrogens (tertiary/aromatic N) is 1. The van der Waals surface area contributed by atoms with Gasteiger partial charge < -0.3 is 15.4 Å². The van der Waals surface area contributed by atoms with Crippen molar-refractivity contribution < 1.29 is 4.74 Å². The molecule has 1 aromatic rings. The van der Waals surface area contributed by atoms with Crippen molar-refractivity contribution in [2.45, 2.75) is 38.7 Å². The normalized spacial score (nSPS) is 16.9. The van der Waals surface area contributed by atoms with Crippen LogP contribution in [0.2, 0.25) is 0 Å². The van der Waals surface area contributed by atoms with Crippen molar-refractivity contribution in [1.29, 1.82) is 0 Å². The summed E-state index contributed by atoms with van der Waals surface area (Å²) < 4.78 is 5.85. The average Bonchev–Trinajstić information content (AvgIpc) is 2.87. The molecule has 0 aliphatic carbocycles. The number of aromatic nitrogens is 1.